The molecule has 0 saturated carbocycles. The number of unbranched alkanes of at least 4 members (excludes halogenated alkanes) is 5. The van der Waals surface area contributed by atoms with Crippen LogP contribution in [0.25, 0.3) is 0 Å². The van der Waals surface area contributed by atoms with E-state index < -0.39 is 0 Å². The van der Waals surface area contributed by atoms with Gasteiger partial charge in [-0.15, -0.1) is 5.26 Å². The first-order chi connectivity index (χ1) is 11.2. The molecule has 0 aliphatic rings. The highest BCUT2D eigenvalue weighted by Gasteiger charge is 2.12. The first kappa shape index (κ1) is 21.6. The van der Waals surface area contributed by atoms with Crippen LogP contribution in [0.15, 0.2) is 16.6 Å². The fourth-order valence-corrected chi connectivity index (χ4v) is 2.54. The van der Waals surface area contributed by atoms with Gasteiger partial charge in [-0.1, -0.05) is 52.9 Å². The largest absolute Gasteiger partial charge is 0.493 e. The molecule has 0 spiro atoms. The number of methoxy groups -OCH3 is 1. The Bertz CT molecular complexity index is 472. The first-order valence-electron chi connectivity index (χ1n) is 8.29. The van der Waals surface area contributed by atoms with Crippen LogP contribution >= 0.6 is 15.9 Å². The summed E-state index contributed by atoms with van der Waals surface area (Å²) in [6.07, 6.45) is 8.96. The topological polar surface area (TPSA) is 51.5 Å². The summed E-state index contributed by atoms with van der Waals surface area (Å²) in [4.78, 5) is 0. The molecule has 0 saturated heterocycles. The average molecular weight is 386 g/mol. The summed E-state index contributed by atoms with van der Waals surface area (Å²) in [5, 5.41) is 8.55. The number of rotatable bonds is 10. The number of ether oxygens (including phenoxy) is 3. The van der Waals surface area contributed by atoms with E-state index in [1.807, 2.05) is 13.8 Å². The molecular weight excluding hydrogens is 358 g/mol. The number of hydrogen-bond donors (Lipinski definition) is 0. The van der Waals surface area contributed by atoms with Crippen LogP contribution in [0.5, 0.6) is 17.2 Å². The molecule has 0 unspecified atom stereocenters. The highest BCUT2D eigenvalue weighted by atomic mass is 79.9. The van der Waals surface area contributed by atoms with Crippen molar-refractivity contribution in [2.24, 2.45) is 0 Å². The van der Waals surface area contributed by atoms with E-state index in [4.69, 9.17) is 19.5 Å². The molecule has 0 heterocycles. The fraction of sp³-hybridized carbons (Fsp3) is 0.611. The van der Waals surface area contributed by atoms with E-state index in [-0.39, 0.29) is 0 Å². The van der Waals surface area contributed by atoms with Crippen molar-refractivity contribution in [1.29, 1.82) is 5.26 Å². The summed E-state index contributed by atoms with van der Waals surface area (Å²) in [5.74, 6) is 1.63. The molecule has 23 heavy (non-hydrogen) atoms. The number of nitriles is 1. The zero-order valence-electron chi connectivity index (χ0n) is 14.7. The van der Waals surface area contributed by atoms with Crippen molar-refractivity contribution in [3.8, 4) is 23.5 Å². The van der Waals surface area contributed by atoms with Crippen LogP contribution in [0.3, 0.4) is 0 Å². The molecule has 0 bridgehead atoms. The molecule has 1 aromatic carbocycles. The quantitative estimate of drug-likeness (QED) is 0.361. The van der Waals surface area contributed by atoms with Gasteiger partial charge in [-0.05, 0) is 22.4 Å². The second kappa shape index (κ2) is 14.2. The monoisotopic (exact) mass is 385 g/mol. The molecule has 130 valence electrons. The SMILES string of the molecule is CC.CCCCCCCCOc1c(Br)cc(OC#N)cc1OC. The van der Waals surface area contributed by atoms with Gasteiger partial charge in [-0.25, -0.2) is 0 Å². The average Bonchev–Trinajstić information content (AvgIpc) is 2.57. The summed E-state index contributed by atoms with van der Waals surface area (Å²) in [6, 6.07) is 3.34. The number of nitrogens with zero attached hydrogens (tertiary/aromatic N) is 1. The third-order valence-electron chi connectivity index (χ3n) is 3.11. The third kappa shape index (κ3) is 8.71. The predicted molar refractivity (Wildman–Crippen MR) is 97.2 cm³/mol. The summed E-state index contributed by atoms with van der Waals surface area (Å²) >= 11 is 3.42. The smallest absolute Gasteiger partial charge is 0.292 e. The summed E-state index contributed by atoms with van der Waals surface area (Å²) in [5.41, 5.74) is 0. The zero-order chi connectivity index (χ0) is 17.5. The van der Waals surface area contributed by atoms with Gasteiger partial charge >= 0.3 is 0 Å². The maximum Gasteiger partial charge on any atom is 0.292 e. The maximum atomic E-state index is 8.55. The first-order valence-corrected chi connectivity index (χ1v) is 9.08. The van der Waals surface area contributed by atoms with Gasteiger partial charge in [0.1, 0.15) is 5.75 Å². The van der Waals surface area contributed by atoms with E-state index in [0.29, 0.717) is 23.9 Å². The summed E-state index contributed by atoms with van der Waals surface area (Å²) in [6.45, 7) is 6.87. The minimum Gasteiger partial charge on any atom is -0.493 e. The number of hydrogen-bond acceptors (Lipinski definition) is 4. The lowest BCUT2D eigenvalue weighted by molar-refractivity contribution is 0.282. The van der Waals surface area contributed by atoms with Crippen molar-refractivity contribution in [3.63, 3.8) is 0 Å². The van der Waals surface area contributed by atoms with Crippen LogP contribution in [0.4, 0.5) is 0 Å². The van der Waals surface area contributed by atoms with Gasteiger partial charge < -0.3 is 14.2 Å². The van der Waals surface area contributed by atoms with Gasteiger partial charge in [0, 0.05) is 12.1 Å². The Labute approximate surface area is 148 Å². The lowest BCUT2D eigenvalue weighted by Crippen LogP contribution is -2.00. The Morgan fingerprint density at radius 2 is 1.74 bits per heavy atom. The Morgan fingerprint density at radius 1 is 1.09 bits per heavy atom. The van der Waals surface area contributed by atoms with Crippen molar-refractivity contribution in [3.05, 3.63) is 16.6 Å². The van der Waals surface area contributed by atoms with Crippen LogP contribution in [0.2, 0.25) is 0 Å². The third-order valence-corrected chi connectivity index (χ3v) is 3.70. The van der Waals surface area contributed by atoms with Crippen LogP contribution in [0, 0.1) is 11.5 Å². The van der Waals surface area contributed by atoms with Crippen molar-refractivity contribution < 1.29 is 14.2 Å². The predicted octanol–water partition coefficient (Wildman–Crippen LogP) is 6.08. The Balaban J connectivity index is 0.00000232. The summed E-state index contributed by atoms with van der Waals surface area (Å²) < 4.78 is 16.6. The lowest BCUT2D eigenvalue weighted by atomic mass is 10.1. The lowest BCUT2D eigenvalue weighted by Gasteiger charge is -2.13. The molecule has 0 aliphatic heterocycles. The molecule has 0 atom stereocenters. The molecule has 5 heteroatoms. The Kier molecular flexibility index (Phi) is 13.3. The van der Waals surface area contributed by atoms with Crippen LogP contribution < -0.4 is 14.2 Å². The Morgan fingerprint density at radius 3 is 2.35 bits per heavy atom. The van der Waals surface area contributed by atoms with Crippen molar-refractivity contribution >= 4 is 15.9 Å². The van der Waals surface area contributed by atoms with E-state index in [0.717, 1.165) is 10.9 Å². The maximum absolute atomic E-state index is 8.55. The molecular formula is C18H28BrNO3. The summed E-state index contributed by atoms with van der Waals surface area (Å²) in [7, 11) is 1.57. The second-order valence-corrected chi connectivity index (χ2v) is 5.60. The van der Waals surface area contributed by atoms with Crippen molar-refractivity contribution in [2.75, 3.05) is 13.7 Å². The highest BCUT2D eigenvalue weighted by Crippen LogP contribution is 2.39. The van der Waals surface area contributed by atoms with Gasteiger partial charge in [0.25, 0.3) is 6.26 Å². The molecule has 4 nitrogen and oxygen atoms in total. The van der Waals surface area contributed by atoms with Gasteiger partial charge in [0.2, 0.25) is 0 Å². The second-order valence-electron chi connectivity index (χ2n) is 4.75. The standard InChI is InChI=1S/C16H22BrNO3.C2H6/c1-3-4-5-6-7-8-9-20-16-14(17)10-13(21-12-18)11-15(16)19-2;1-2/h10-11H,3-9H2,1-2H3;1-2H3. The molecule has 1 aromatic rings. The fourth-order valence-electron chi connectivity index (χ4n) is 2.00. The molecule has 0 N–H and O–H groups in total. The van der Waals surface area contributed by atoms with Gasteiger partial charge in [-0.2, -0.15) is 0 Å². The van der Waals surface area contributed by atoms with Crippen molar-refractivity contribution in [1.82, 2.24) is 0 Å². The van der Waals surface area contributed by atoms with Crippen LogP contribution in [-0.4, -0.2) is 13.7 Å². The minimum atomic E-state index is 0.424. The molecule has 0 radical (unpaired) electrons. The highest BCUT2D eigenvalue weighted by molar-refractivity contribution is 9.10. The molecule has 0 amide bonds. The van der Waals surface area contributed by atoms with Crippen LogP contribution in [-0.2, 0) is 0 Å². The van der Waals surface area contributed by atoms with E-state index in [1.165, 1.54) is 32.1 Å². The van der Waals surface area contributed by atoms with E-state index >= 15 is 0 Å². The van der Waals surface area contributed by atoms with Gasteiger partial charge in [0.05, 0.1) is 18.2 Å². The minimum absolute atomic E-state index is 0.424. The molecule has 1 rings (SSSR count). The molecule has 0 aliphatic carbocycles. The van der Waals surface area contributed by atoms with E-state index in [9.17, 15) is 0 Å². The van der Waals surface area contributed by atoms with E-state index in [1.54, 1.807) is 25.5 Å². The van der Waals surface area contributed by atoms with Crippen LogP contribution in [0.1, 0.15) is 59.3 Å². The van der Waals surface area contributed by atoms with Gasteiger partial charge in [-0.3, -0.25) is 0 Å². The van der Waals surface area contributed by atoms with Crippen molar-refractivity contribution in [2.45, 2.75) is 59.3 Å². The Hall–Kier alpha value is -1.41. The number of halogens is 1. The number of benzene rings is 1. The normalized spacial score (nSPS) is 9.39. The zero-order valence-corrected chi connectivity index (χ0v) is 16.2. The molecule has 0 aromatic heterocycles. The van der Waals surface area contributed by atoms with E-state index in [2.05, 4.69) is 22.9 Å². The molecule has 0 fully saturated rings. The van der Waals surface area contributed by atoms with Gasteiger partial charge in [0.15, 0.2) is 11.5 Å².